The van der Waals surface area contributed by atoms with Crippen molar-refractivity contribution in [3.8, 4) is 0 Å². The van der Waals surface area contributed by atoms with Gasteiger partial charge in [0.1, 0.15) is 6.33 Å². The molecule has 2 N–H and O–H groups in total. The number of nitrogens with zero attached hydrogens (tertiary/aromatic N) is 3. The van der Waals surface area contributed by atoms with Crippen LogP contribution in [0.25, 0.3) is 0 Å². The summed E-state index contributed by atoms with van der Waals surface area (Å²) >= 11 is 0. The maximum atomic E-state index is 12.7. The molecule has 1 aliphatic rings. The number of hydrogen-bond donors (Lipinski definition) is 2. The first-order valence-corrected chi connectivity index (χ1v) is 9.80. The van der Waals surface area contributed by atoms with Crippen LogP contribution in [0.3, 0.4) is 0 Å². The Hall–Kier alpha value is -3.48. The van der Waals surface area contributed by atoms with Gasteiger partial charge < -0.3 is 10.2 Å². The quantitative estimate of drug-likeness (QED) is 0.701. The number of H-pyrrole nitrogens is 1. The monoisotopic (exact) mass is 389 g/mol. The van der Waals surface area contributed by atoms with E-state index in [4.69, 9.17) is 0 Å². The molecule has 7 heteroatoms. The summed E-state index contributed by atoms with van der Waals surface area (Å²) in [5.41, 5.74) is 4.06. The number of fused-ring (bicyclic) bond motifs is 1. The number of amides is 2. The van der Waals surface area contributed by atoms with Crippen LogP contribution in [0, 0.1) is 5.92 Å². The van der Waals surface area contributed by atoms with Crippen molar-refractivity contribution in [2.75, 3.05) is 16.8 Å². The second kappa shape index (κ2) is 8.26. The predicted molar refractivity (Wildman–Crippen MR) is 111 cm³/mol. The Morgan fingerprint density at radius 3 is 2.59 bits per heavy atom. The highest BCUT2D eigenvalue weighted by Crippen LogP contribution is 2.27. The minimum Gasteiger partial charge on any atom is -0.326 e. The molecule has 1 unspecified atom stereocenters. The average Bonchev–Trinajstić information content (AvgIpc) is 3.30. The van der Waals surface area contributed by atoms with Crippen molar-refractivity contribution in [3.63, 3.8) is 0 Å². The summed E-state index contributed by atoms with van der Waals surface area (Å²) in [6, 6.07) is 15.6. The highest BCUT2D eigenvalue weighted by atomic mass is 16.2. The Morgan fingerprint density at radius 1 is 1.14 bits per heavy atom. The molecule has 3 aromatic rings. The van der Waals surface area contributed by atoms with Crippen molar-refractivity contribution in [1.29, 1.82) is 0 Å². The van der Waals surface area contributed by atoms with Crippen LogP contribution in [0.4, 0.5) is 11.4 Å². The fourth-order valence-corrected chi connectivity index (χ4v) is 3.77. The first-order valence-electron chi connectivity index (χ1n) is 9.80. The van der Waals surface area contributed by atoms with Gasteiger partial charge in [0.25, 0.3) is 5.91 Å². The van der Waals surface area contributed by atoms with Gasteiger partial charge in [-0.15, -0.1) is 0 Å². The zero-order chi connectivity index (χ0) is 20.2. The van der Waals surface area contributed by atoms with Crippen molar-refractivity contribution in [2.24, 2.45) is 5.92 Å². The van der Waals surface area contributed by atoms with E-state index < -0.39 is 0 Å². The molecule has 0 spiro atoms. The van der Waals surface area contributed by atoms with Crippen LogP contribution >= 0.6 is 0 Å². The van der Waals surface area contributed by atoms with Gasteiger partial charge in [-0.25, -0.2) is 4.98 Å². The van der Waals surface area contributed by atoms with E-state index >= 15 is 0 Å². The summed E-state index contributed by atoms with van der Waals surface area (Å²) in [7, 11) is 0. The molecule has 0 bridgehead atoms. The van der Waals surface area contributed by atoms with E-state index in [0.29, 0.717) is 6.54 Å². The maximum absolute atomic E-state index is 12.7. The molecule has 2 aromatic carbocycles. The molecule has 0 saturated heterocycles. The Kier molecular flexibility index (Phi) is 5.37. The van der Waals surface area contributed by atoms with Crippen LogP contribution in [-0.4, -0.2) is 33.5 Å². The Bertz CT molecular complexity index is 998. The number of anilines is 2. The standard InChI is InChI=1S/C22H23N5O2/c1-2-27(22(29)20-23-14-24-26-20)19-11-9-18(10-12-19)25-21(28)17-8-7-15-5-3-4-6-16(15)13-17/h3-6,9-12,14,17H,2,7-8,13H2,1H3,(H,25,28)(H,23,24,26). The maximum Gasteiger partial charge on any atom is 0.295 e. The Balaban J connectivity index is 1.41. The summed E-state index contributed by atoms with van der Waals surface area (Å²) in [5, 5.41) is 9.33. The van der Waals surface area contributed by atoms with Crippen molar-refractivity contribution in [1.82, 2.24) is 15.2 Å². The molecule has 1 aromatic heterocycles. The van der Waals surface area contributed by atoms with Gasteiger partial charge in [-0.3, -0.25) is 14.7 Å². The third-order valence-electron chi connectivity index (χ3n) is 5.34. The van der Waals surface area contributed by atoms with E-state index in [9.17, 15) is 9.59 Å². The second-order valence-electron chi connectivity index (χ2n) is 7.13. The number of aromatic nitrogens is 3. The van der Waals surface area contributed by atoms with Crippen LogP contribution in [0.2, 0.25) is 0 Å². The number of carbonyl (C=O) groups excluding carboxylic acids is 2. The lowest BCUT2D eigenvalue weighted by Crippen LogP contribution is -2.31. The number of rotatable bonds is 5. The van der Waals surface area contributed by atoms with E-state index in [2.05, 4.69) is 32.6 Å². The topological polar surface area (TPSA) is 91.0 Å². The number of hydrogen-bond acceptors (Lipinski definition) is 4. The summed E-state index contributed by atoms with van der Waals surface area (Å²) in [6.45, 7) is 2.39. The molecular formula is C22H23N5O2. The number of aromatic amines is 1. The fourth-order valence-electron chi connectivity index (χ4n) is 3.77. The Labute approximate surface area is 169 Å². The van der Waals surface area contributed by atoms with Gasteiger partial charge in [0, 0.05) is 23.8 Å². The summed E-state index contributed by atoms with van der Waals surface area (Å²) in [6.07, 6.45) is 3.87. The van der Waals surface area contributed by atoms with Crippen LogP contribution in [0.15, 0.2) is 54.9 Å². The van der Waals surface area contributed by atoms with Crippen LogP contribution < -0.4 is 10.2 Å². The zero-order valence-corrected chi connectivity index (χ0v) is 16.3. The summed E-state index contributed by atoms with van der Waals surface area (Å²) < 4.78 is 0. The first-order chi connectivity index (χ1) is 14.2. The largest absolute Gasteiger partial charge is 0.326 e. The van der Waals surface area contributed by atoms with Gasteiger partial charge >= 0.3 is 0 Å². The zero-order valence-electron chi connectivity index (χ0n) is 16.3. The molecule has 148 valence electrons. The molecule has 0 fully saturated rings. The molecule has 2 amide bonds. The minimum absolute atomic E-state index is 0.0234. The van der Waals surface area contributed by atoms with E-state index in [1.165, 1.54) is 17.5 Å². The van der Waals surface area contributed by atoms with Gasteiger partial charge in [0.05, 0.1) is 0 Å². The molecule has 0 aliphatic heterocycles. The normalized spacial score (nSPS) is 15.4. The predicted octanol–water partition coefficient (Wildman–Crippen LogP) is 3.22. The molecule has 4 rings (SSSR count). The van der Waals surface area contributed by atoms with Gasteiger partial charge in [0.2, 0.25) is 11.7 Å². The third-order valence-corrected chi connectivity index (χ3v) is 5.34. The fraction of sp³-hybridized carbons (Fsp3) is 0.273. The molecule has 0 saturated carbocycles. The van der Waals surface area contributed by atoms with Crippen LogP contribution in [0.1, 0.15) is 35.1 Å². The van der Waals surface area contributed by atoms with E-state index in [1.807, 2.05) is 43.3 Å². The molecule has 0 radical (unpaired) electrons. The number of carbonyl (C=O) groups is 2. The van der Waals surface area contributed by atoms with Gasteiger partial charge in [-0.1, -0.05) is 24.3 Å². The van der Waals surface area contributed by atoms with Crippen molar-refractivity contribution >= 4 is 23.2 Å². The average molecular weight is 389 g/mol. The van der Waals surface area contributed by atoms with Gasteiger partial charge in [0.15, 0.2) is 0 Å². The van der Waals surface area contributed by atoms with Gasteiger partial charge in [-0.05, 0) is 61.6 Å². The molecule has 1 aliphatic carbocycles. The highest BCUT2D eigenvalue weighted by molar-refractivity contribution is 6.03. The smallest absolute Gasteiger partial charge is 0.295 e. The lowest BCUT2D eigenvalue weighted by Gasteiger charge is -2.24. The first kappa shape index (κ1) is 18.9. The molecule has 29 heavy (non-hydrogen) atoms. The highest BCUT2D eigenvalue weighted by Gasteiger charge is 2.24. The van der Waals surface area contributed by atoms with Crippen LogP contribution in [0.5, 0.6) is 0 Å². The van der Waals surface area contributed by atoms with E-state index in [1.54, 1.807) is 4.90 Å². The van der Waals surface area contributed by atoms with Gasteiger partial charge in [-0.2, -0.15) is 5.10 Å². The summed E-state index contributed by atoms with van der Waals surface area (Å²) in [5.74, 6) is -0.0356. The molecule has 1 heterocycles. The minimum atomic E-state index is -0.248. The third kappa shape index (κ3) is 4.03. The van der Waals surface area contributed by atoms with Crippen LogP contribution in [-0.2, 0) is 17.6 Å². The van der Waals surface area contributed by atoms with Crippen molar-refractivity contribution in [2.45, 2.75) is 26.2 Å². The lowest BCUT2D eigenvalue weighted by atomic mass is 9.83. The Morgan fingerprint density at radius 2 is 1.90 bits per heavy atom. The molecule has 1 atom stereocenters. The van der Waals surface area contributed by atoms with Crippen molar-refractivity contribution in [3.05, 3.63) is 71.8 Å². The molecular weight excluding hydrogens is 366 g/mol. The SMILES string of the molecule is CCN(C(=O)c1ncn[nH]1)c1ccc(NC(=O)C2CCc3ccccc3C2)cc1. The summed E-state index contributed by atoms with van der Waals surface area (Å²) in [4.78, 5) is 30.8. The van der Waals surface area contributed by atoms with E-state index in [-0.39, 0.29) is 23.6 Å². The lowest BCUT2D eigenvalue weighted by molar-refractivity contribution is -0.120. The molecule has 7 nitrogen and oxygen atoms in total. The second-order valence-corrected chi connectivity index (χ2v) is 7.13. The number of nitrogens with one attached hydrogen (secondary N) is 2. The number of aryl methyl sites for hydroxylation is 1. The van der Waals surface area contributed by atoms with E-state index in [0.717, 1.165) is 30.6 Å². The number of benzene rings is 2. The van der Waals surface area contributed by atoms with Crippen molar-refractivity contribution < 1.29 is 9.59 Å².